The fraction of sp³-hybridized carbons (Fsp3) is 0.833. The zero-order chi connectivity index (χ0) is 18.0. The standard InChI is InChI=1S/C18H31N3O3/c1-5-21-15(22)7-6-14(20-21)16(23)19-12-18(24)10-8-13(9-11-18)17(2,3)4/h13,24H,5-12H2,1-4H3,(H,19,23). The lowest BCUT2D eigenvalue weighted by molar-refractivity contribution is -0.131. The minimum absolute atomic E-state index is 0.0480. The third-order valence-corrected chi connectivity index (χ3v) is 5.39. The van der Waals surface area contributed by atoms with Gasteiger partial charge in [-0.2, -0.15) is 5.10 Å². The van der Waals surface area contributed by atoms with Crippen LogP contribution in [0.3, 0.4) is 0 Å². The van der Waals surface area contributed by atoms with Crippen molar-refractivity contribution in [1.82, 2.24) is 10.3 Å². The first-order valence-electron chi connectivity index (χ1n) is 9.03. The number of carbonyl (C=O) groups is 2. The maximum absolute atomic E-state index is 12.3. The van der Waals surface area contributed by atoms with Crippen LogP contribution in [0.4, 0.5) is 0 Å². The van der Waals surface area contributed by atoms with Gasteiger partial charge in [0, 0.05) is 25.9 Å². The molecule has 6 nitrogen and oxygen atoms in total. The Morgan fingerprint density at radius 2 is 1.96 bits per heavy atom. The van der Waals surface area contributed by atoms with Crippen molar-refractivity contribution in [2.45, 2.75) is 71.8 Å². The SMILES string of the molecule is CCN1N=C(C(=O)NCC2(O)CCC(C(C)(C)C)CC2)CCC1=O. The van der Waals surface area contributed by atoms with E-state index >= 15 is 0 Å². The Balaban J connectivity index is 1.87. The molecular formula is C18H31N3O3. The molecule has 0 atom stereocenters. The summed E-state index contributed by atoms with van der Waals surface area (Å²) >= 11 is 0. The predicted molar refractivity (Wildman–Crippen MR) is 93.4 cm³/mol. The van der Waals surface area contributed by atoms with E-state index in [0.717, 1.165) is 12.8 Å². The lowest BCUT2D eigenvalue weighted by Gasteiger charge is -2.41. The summed E-state index contributed by atoms with van der Waals surface area (Å²) in [6, 6.07) is 0. The van der Waals surface area contributed by atoms with Crippen molar-refractivity contribution >= 4 is 17.5 Å². The first kappa shape index (κ1) is 18.9. The second kappa shape index (κ2) is 7.21. The molecule has 1 aliphatic carbocycles. The average molecular weight is 337 g/mol. The summed E-state index contributed by atoms with van der Waals surface area (Å²) in [5.41, 5.74) is -0.187. The minimum atomic E-state index is -0.826. The van der Waals surface area contributed by atoms with Gasteiger partial charge in [0.25, 0.3) is 5.91 Å². The Morgan fingerprint density at radius 3 is 2.50 bits per heavy atom. The van der Waals surface area contributed by atoms with E-state index in [9.17, 15) is 14.7 Å². The van der Waals surface area contributed by atoms with Crippen LogP contribution in [0.15, 0.2) is 5.10 Å². The molecule has 0 aromatic carbocycles. The van der Waals surface area contributed by atoms with Gasteiger partial charge in [-0.05, 0) is 43.9 Å². The van der Waals surface area contributed by atoms with Gasteiger partial charge in [-0.25, -0.2) is 5.01 Å². The molecule has 0 bridgehead atoms. The van der Waals surface area contributed by atoms with E-state index in [1.807, 2.05) is 6.92 Å². The molecule has 0 aromatic rings. The Bertz CT molecular complexity index is 514. The molecule has 0 spiro atoms. The van der Waals surface area contributed by atoms with E-state index in [2.05, 4.69) is 31.2 Å². The molecule has 1 fully saturated rings. The normalized spacial score (nSPS) is 28.5. The molecule has 24 heavy (non-hydrogen) atoms. The molecule has 2 amide bonds. The number of nitrogens with one attached hydrogen (secondary N) is 1. The molecule has 2 N–H and O–H groups in total. The number of nitrogens with zero attached hydrogens (tertiary/aromatic N) is 2. The number of rotatable bonds is 4. The highest BCUT2D eigenvalue weighted by molar-refractivity contribution is 6.39. The summed E-state index contributed by atoms with van der Waals surface area (Å²) < 4.78 is 0. The Labute approximate surface area is 144 Å². The highest BCUT2D eigenvalue weighted by Gasteiger charge is 2.37. The second-order valence-corrected chi connectivity index (χ2v) is 8.20. The van der Waals surface area contributed by atoms with E-state index in [4.69, 9.17) is 0 Å². The third-order valence-electron chi connectivity index (χ3n) is 5.39. The number of carbonyl (C=O) groups excluding carboxylic acids is 2. The summed E-state index contributed by atoms with van der Waals surface area (Å²) in [6.07, 6.45) is 4.07. The molecule has 0 unspecified atom stereocenters. The fourth-order valence-corrected chi connectivity index (χ4v) is 3.56. The molecule has 6 heteroatoms. The summed E-state index contributed by atoms with van der Waals surface area (Å²) in [7, 11) is 0. The van der Waals surface area contributed by atoms with Gasteiger partial charge in [-0.1, -0.05) is 20.8 Å². The Hall–Kier alpha value is -1.43. The van der Waals surface area contributed by atoms with E-state index < -0.39 is 5.60 Å². The molecule has 2 aliphatic rings. The van der Waals surface area contributed by atoms with Crippen molar-refractivity contribution in [2.24, 2.45) is 16.4 Å². The number of amides is 2. The molecule has 136 valence electrons. The van der Waals surface area contributed by atoms with Crippen LogP contribution in [0.2, 0.25) is 0 Å². The second-order valence-electron chi connectivity index (χ2n) is 8.20. The summed E-state index contributed by atoms with van der Waals surface area (Å²) in [4.78, 5) is 23.9. The molecule has 2 rings (SSSR count). The lowest BCUT2D eigenvalue weighted by Crippen LogP contribution is -2.48. The molecule has 0 saturated heterocycles. The van der Waals surface area contributed by atoms with Gasteiger partial charge >= 0.3 is 0 Å². The van der Waals surface area contributed by atoms with Gasteiger partial charge in [0.05, 0.1) is 5.60 Å². The van der Waals surface area contributed by atoms with Gasteiger partial charge in [0.2, 0.25) is 5.91 Å². The average Bonchev–Trinajstić information content (AvgIpc) is 2.52. The molecular weight excluding hydrogens is 306 g/mol. The lowest BCUT2D eigenvalue weighted by atomic mass is 9.68. The number of aliphatic hydroxyl groups is 1. The zero-order valence-electron chi connectivity index (χ0n) is 15.4. The van der Waals surface area contributed by atoms with Crippen LogP contribution < -0.4 is 5.32 Å². The maximum atomic E-state index is 12.3. The molecule has 1 saturated carbocycles. The van der Waals surface area contributed by atoms with Crippen LogP contribution >= 0.6 is 0 Å². The van der Waals surface area contributed by atoms with Gasteiger partial charge in [0.15, 0.2) is 0 Å². The van der Waals surface area contributed by atoms with Crippen LogP contribution in [0.1, 0.15) is 66.2 Å². The van der Waals surface area contributed by atoms with Crippen molar-refractivity contribution in [3.63, 3.8) is 0 Å². The van der Waals surface area contributed by atoms with Gasteiger partial charge in [-0.3, -0.25) is 9.59 Å². The minimum Gasteiger partial charge on any atom is -0.388 e. The maximum Gasteiger partial charge on any atom is 0.267 e. The monoisotopic (exact) mass is 337 g/mol. The smallest absolute Gasteiger partial charge is 0.267 e. The topological polar surface area (TPSA) is 82.0 Å². The van der Waals surface area contributed by atoms with Crippen LogP contribution in [0.25, 0.3) is 0 Å². The van der Waals surface area contributed by atoms with Crippen molar-refractivity contribution in [3.8, 4) is 0 Å². The Kier molecular flexibility index (Phi) is 5.68. The van der Waals surface area contributed by atoms with Crippen molar-refractivity contribution in [1.29, 1.82) is 0 Å². The number of hydrazone groups is 1. The van der Waals surface area contributed by atoms with E-state index in [1.54, 1.807) is 0 Å². The van der Waals surface area contributed by atoms with Crippen molar-refractivity contribution in [3.05, 3.63) is 0 Å². The van der Waals surface area contributed by atoms with Gasteiger partial charge < -0.3 is 10.4 Å². The summed E-state index contributed by atoms with van der Waals surface area (Å²) in [5, 5.41) is 19.0. The van der Waals surface area contributed by atoms with E-state index in [-0.39, 0.29) is 23.8 Å². The first-order valence-corrected chi connectivity index (χ1v) is 9.03. The van der Waals surface area contributed by atoms with E-state index in [1.165, 1.54) is 5.01 Å². The Morgan fingerprint density at radius 1 is 1.33 bits per heavy atom. The fourth-order valence-electron chi connectivity index (χ4n) is 3.56. The highest BCUT2D eigenvalue weighted by atomic mass is 16.3. The summed E-state index contributed by atoms with van der Waals surface area (Å²) in [5.74, 6) is 0.292. The van der Waals surface area contributed by atoms with Crippen LogP contribution in [0.5, 0.6) is 0 Å². The van der Waals surface area contributed by atoms with Gasteiger partial charge in [-0.15, -0.1) is 0 Å². The largest absolute Gasteiger partial charge is 0.388 e. The molecule has 1 heterocycles. The van der Waals surface area contributed by atoms with Crippen molar-refractivity contribution in [2.75, 3.05) is 13.1 Å². The van der Waals surface area contributed by atoms with Crippen LogP contribution in [-0.4, -0.2) is 46.3 Å². The predicted octanol–water partition coefficient (Wildman–Crippen LogP) is 2.07. The number of hydrogen-bond acceptors (Lipinski definition) is 4. The third kappa shape index (κ3) is 4.56. The van der Waals surface area contributed by atoms with E-state index in [0.29, 0.717) is 43.9 Å². The first-order chi connectivity index (χ1) is 11.1. The zero-order valence-corrected chi connectivity index (χ0v) is 15.4. The summed E-state index contributed by atoms with van der Waals surface area (Å²) in [6.45, 7) is 9.28. The molecule has 0 radical (unpaired) electrons. The highest BCUT2D eigenvalue weighted by Crippen LogP contribution is 2.41. The molecule has 1 aliphatic heterocycles. The van der Waals surface area contributed by atoms with Crippen LogP contribution in [-0.2, 0) is 9.59 Å². The van der Waals surface area contributed by atoms with Crippen molar-refractivity contribution < 1.29 is 14.7 Å². The number of hydrogen-bond donors (Lipinski definition) is 2. The molecule has 0 aromatic heterocycles. The quantitative estimate of drug-likeness (QED) is 0.824. The van der Waals surface area contributed by atoms with Crippen LogP contribution in [0, 0.1) is 11.3 Å². The van der Waals surface area contributed by atoms with Gasteiger partial charge in [0.1, 0.15) is 5.71 Å².